The summed E-state index contributed by atoms with van der Waals surface area (Å²) >= 11 is 0. The van der Waals surface area contributed by atoms with Gasteiger partial charge >= 0.3 is 29.8 Å². The fourth-order valence-corrected chi connectivity index (χ4v) is 9.37. The van der Waals surface area contributed by atoms with Gasteiger partial charge in [-0.15, -0.1) is 0 Å². The van der Waals surface area contributed by atoms with Crippen LogP contribution in [0, 0.1) is 27.6 Å². The number of rotatable bonds is 9. The van der Waals surface area contributed by atoms with E-state index in [0.717, 1.165) is 16.7 Å². The number of hydrogen-bond acceptors (Lipinski definition) is 10. The molecule has 2 saturated carbocycles. The van der Waals surface area contributed by atoms with E-state index in [0.29, 0.717) is 38.5 Å². The predicted molar refractivity (Wildman–Crippen MR) is 168 cm³/mol. The summed E-state index contributed by atoms with van der Waals surface area (Å²) in [6.07, 6.45) is 3.44. The topological polar surface area (TPSA) is 132 Å². The molecule has 1 heterocycles. The first-order valence-electron chi connectivity index (χ1n) is 16.4. The molecule has 7 unspecified atom stereocenters. The molecule has 7 atom stereocenters. The van der Waals surface area contributed by atoms with Gasteiger partial charge in [0.05, 0.1) is 5.41 Å². The van der Waals surface area contributed by atoms with Gasteiger partial charge in [0.1, 0.15) is 18.8 Å². The Kier molecular flexibility index (Phi) is 9.41. The normalized spacial score (nSPS) is 36.0. The van der Waals surface area contributed by atoms with E-state index in [9.17, 15) is 24.0 Å². The number of allylic oxidation sites excluding steroid dienone is 2. The van der Waals surface area contributed by atoms with E-state index < -0.39 is 57.4 Å². The minimum Gasteiger partial charge on any atom is -0.463 e. The lowest BCUT2D eigenvalue weighted by Crippen LogP contribution is -2.61. The molecule has 3 fully saturated rings. The van der Waals surface area contributed by atoms with Gasteiger partial charge in [0.2, 0.25) is 5.60 Å². The van der Waals surface area contributed by atoms with Gasteiger partial charge in [-0.05, 0) is 81.8 Å². The molecule has 0 aromatic rings. The van der Waals surface area contributed by atoms with Gasteiger partial charge in [-0.1, -0.05) is 45.8 Å². The molecule has 1 saturated heterocycles. The number of esters is 5. The zero-order valence-corrected chi connectivity index (χ0v) is 29.4. The van der Waals surface area contributed by atoms with Crippen LogP contribution in [0.1, 0.15) is 115 Å². The molecule has 10 nitrogen and oxygen atoms in total. The van der Waals surface area contributed by atoms with E-state index in [4.69, 9.17) is 23.7 Å². The minimum atomic E-state index is -1.27. The first kappa shape index (κ1) is 35.7. The minimum absolute atomic E-state index is 0.0425. The molecule has 0 N–H and O–H groups in total. The molecule has 2 bridgehead atoms. The summed E-state index contributed by atoms with van der Waals surface area (Å²) < 4.78 is 29.0. The second-order valence-electron chi connectivity index (χ2n) is 15.6. The highest BCUT2D eigenvalue weighted by Crippen LogP contribution is 2.66. The maximum atomic E-state index is 13.3. The summed E-state index contributed by atoms with van der Waals surface area (Å²) in [4.78, 5) is 62.6. The molecule has 4 aliphatic rings. The monoisotopic (exact) mass is 644 g/mol. The van der Waals surface area contributed by atoms with Gasteiger partial charge in [-0.2, -0.15) is 0 Å². The second kappa shape index (κ2) is 12.1. The first-order chi connectivity index (χ1) is 21.1. The van der Waals surface area contributed by atoms with E-state index in [1.807, 2.05) is 40.7 Å². The van der Waals surface area contributed by atoms with Crippen molar-refractivity contribution in [2.45, 2.75) is 139 Å². The van der Waals surface area contributed by atoms with Crippen LogP contribution in [0.25, 0.3) is 0 Å². The maximum Gasteiger partial charge on any atom is 0.351 e. The third kappa shape index (κ3) is 5.78. The highest BCUT2D eigenvalue weighted by atomic mass is 16.6. The second-order valence-corrected chi connectivity index (χ2v) is 15.6. The van der Waals surface area contributed by atoms with Crippen molar-refractivity contribution in [3.05, 3.63) is 22.8 Å². The van der Waals surface area contributed by atoms with Crippen LogP contribution in [-0.4, -0.2) is 60.4 Å². The third-order valence-electron chi connectivity index (χ3n) is 11.9. The molecule has 0 amide bonds. The molecule has 3 aliphatic carbocycles. The van der Waals surface area contributed by atoms with Crippen LogP contribution in [0.2, 0.25) is 0 Å². The maximum absolute atomic E-state index is 13.3. The zero-order chi connectivity index (χ0) is 34.6. The van der Waals surface area contributed by atoms with Gasteiger partial charge in [-0.3, -0.25) is 19.2 Å². The number of carbonyl (C=O) groups excluding carboxylic acids is 5. The van der Waals surface area contributed by atoms with Crippen molar-refractivity contribution in [2.24, 2.45) is 27.6 Å². The van der Waals surface area contributed by atoms with E-state index in [1.165, 1.54) is 20.8 Å². The molecule has 0 spiro atoms. The summed E-state index contributed by atoms with van der Waals surface area (Å²) in [6.45, 7) is 20.0. The number of carbonyl (C=O) groups is 5. The Hall–Kier alpha value is -3.17. The fraction of sp³-hybridized carbons (Fsp3) is 0.750. The standard InChI is InChI=1S/C36H52O10/c1-20(14-17-42-31(41)36-16-15-35(11,30(40)46-36)33(36,8)9)12-13-26-21(2)27(44-23(4)38)28(45-24(5)39)29-32(6,7)18-25(43-22(3)37)19-34(26,29)10/h14,25,27-29H,12-13,15-19H2,1-11H3. The average Bonchev–Trinajstić information content (AvgIpc) is 3.19. The average molecular weight is 645 g/mol. The van der Waals surface area contributed by atoms with Crippen molar-refractivity contribution in [1.82, 2.24) is 0 Å². The molecule has 0 aromatic carbocycles. The molecule has 1 aliphatic heterocycles. The lowest BCUT2D eigenvalue weighted by molar-refractivity contribution is -0.194. The van der Waals surface area contributed by atoms with Crippen molar-refractivity contribution in [1.29, 1.82) is 0 Å². The third-order valence-corrected chi connectivity index (χ3v) is 11.9. The van der Waals surface area contributed by atoms with Gasteiger partial charge in [-0.25, -0.2) is 4.79 Å². The molecular weight excluding hydrogens is 592 g/mol. The van der Waals surface area contributed by atoms with E-state index in [2.05, 4.69) is 20.8 Å². The summed E-state index contributed by atoms with van der Waals surface area (Å²) in [5.41, 5.74) is -0.751. The highest BCUT2D eigenvalue weighted by Gasteiger charge is 2.76. The SMILES string of the molecule is CC(=O)OC1CC(C)(C)C2C(OC(C)=O)C(OC(C)=O)C(C)=C(CCC(C)=CCOC(=O)C34CCC(C)(C(=O)O3)C4(C)C)C2(C)C1. The van der Waals surface area contributed by atoms with Crippen molar-refractivity contribution in [3.8, 4) is 0 Å². The Balaban J connectivity index is 1.59. The number of fused-ring (bicyclic) bond motifs is 3. The Morgan fingerprint density at radius 2 is 1.48 bits per heavy atom. The Morgan fingerprint density at radius 3 is 2.00 bits per heavy atom. The van der Waals surface area contributed by atoms with Gasteiger partial charge in [0.25, 0.3) is 0 Å². The lowest BCUT2D eigenvalue weighted by atomic mass is 9.47. The van der Waals surface area contributed by atoms with Crippen LogP contribution in [0.4, 0.5) is 0 Å². The molecular formula is C36H52O10. The van der Waals surface area contributed by atoms with Crippen LogP contribution in [0.5, 0.6) is 0 Å². The van der Waals surface area contributed by atoms with E-state index in [-0.39, 0.29) is 30.6 Å². The molecule has 10 heteroatoms. The lowest BCUT2D eigenvalue weighted by Gasteiger charge is -2.60. The van der Waals surface area contributed by atoms with Gasteiger partial charge < -0.3 is 23.7 Å². The summed E-state index contributed by atoms with van der Waals surface area (Å²) in [7, 11) is 0. The predicted octanol–water partition coefficient (Wildman–Crippen LogP) is 5.95. The van der Waals surface area contributed by atoms with Crippen LogP contribution >= 0.6 is 0 Å². The van der Waals surface area contributed by atoms with Crippen LogP contribution in [0.15, 0.2) is 22.8 Å². The molecule has 4 rings (SSSR count). The molecule has 256 valence electrons. The van der Waals surface area contributed by atoms with Crippen molar-refractivity contribution < 1.29 is 47.7 Å². The highest BCUT2D eigenvalue weighted by molar-refractivity contribution is 5.93. The number of hydrogen-bond donors (Lipinski definition) is 0. The van der Waals surface area contributed by atoms with Crippen molar-refractivity contribution in [3.63, 3.8) is 0 Å². The fourth-order valence-electron chi connectivity index (χ4n) is 9.37. The van der Waals surface area contributed by atoms with Crippen LogP contribution in [0.3, 0.4) is 0 Å². The van der Waals surface area contributed by atoms with Gasteiger partial charge in [0.15, 0.2) is 6.10 Å². The quantitative estimate of drug-likeness (QED) is 0.169. The van der Waals surface area contributed by atoms with Crippen LogP contribution < -0.4 is 0 Å². The molecule has 46 heavy (non-hydrogen) atoms. The van der Waals surface area contributed by atoms with E-state index in [1.54, 1.807) is 0 Å². The van der Waals surface area contributed by atoms with Crippen molar-refractivity contribution in [2.75, 3.05) is 6.61 Å². The Bertz CT molecular complexity index is 1370. The Morgan fingerprint density at radius 1 is 0.870 bits per heavy atom. The van der Waals surface area contributed by atoms with Crippen molar-refractivity contribution >= 4 is 29.8 Å². The van der Waals surface area contributed by atoms with Gasteiger partial charge in [0, 0.05) is 32.1 Å². The zero-order valence-electron chi connectivity index (χ0n) is 29.4. The Labute approximate surface area is 272 Å². The first-order valence-corrected chi connectivity index (χ1v) is 16.4. The molecule has 0 aromatic heterocycles. The largest absolute Gasteiger partial charge is 0.463 e. The summed E-state index contributed by atoms with van der Waals surface area (Å²) in [5, 5.41) is 0. The van der Waals surface area contributed by atoms with E-state index >= 15 is 0 Å². The smallest absolute Gasteiger partial charge is 0.351 e. The molecule has 0 radical (unpaired) electrons. The summed E-state index contributed by atoms with van der Waals surface area (Å²) in [6, 6.07) is 0. The number of ether oxygens (including phenoxy) is 5. The van der Waals surface area contributed by atoms with Crippen LogP contribution in [-0.2, 0) is 47.7 Å². The summed E-state index contributed by atoms with van der Waals surface area (Å²) in [5.74, 6) is -2.35.